The highest BCUT2D eigenvalue weighted by atomic mass is 35.5. The minimum absolute atomic E-state index is 0.235. The minimum Gasteiger partial charge on any atom is -0.352 e. The number of aromatic nitrogens is 2. The summed E-state index contributed by atoms with van der Waals surface area (Å²) in [5.41, 5.74) is 1.24. The summed E-state index contributed by atoms with van der Waals surface area (Å²) in [5.74, 6) is -0.273. The van der Waals surface area contributed by atoms with Gasteiger partial charge in [-0.25, -0.2) is 4.98 Å². The highest BCUT2D eigenvalue weighted by molar-refractivity contribution is 6.35. The molecule has 0 spiro atoms. The number of hydrogen-bond donors (Lipinski definition) is 1. The molecule has 2 rings (SSSR count). The molecule has 0 aliphatic rings. The predicted octanol–water partition coefficient (Wildman–Crippen LogP) is 2.76. The van der Waals surface area contributed by atoms with Crippen LogP contribution in [0.25, 0.3) is 0 Å². The SMILES string of the molecule is O=C(NCCc1ccccn1)c1cc(Cl)ncc1Cl. The third-order valence-electron chi connectivity index (χ3n) is 2.46. The van der Waals surface area contributed by atoms with Gasteiger partial charge in [-0.15, -0.1) is 0 Å². The summed E-state index contributed by atoms with van der Waals surface area (Å²) in [6.07, 6.45) is 3.73. The number of pyridine rings is 2. The molecule has 2 heterocycles. The van der Waals surface area contributed by atoms with Crippen LogP contribution in [-0.2, 0) is 6.42 Å². The second kappa shape index (κ2) is 6.50. The van der Waals surface area contributed by atoms with Gasteiger partial charge in [-0.05, 0) is 18.2 Å². The van der Waals surface area contributed by atoms with Gasteiger partial charge in [0.05, 0.1) is 10.6 Å². The van der Waals surface area contributed by atoms with Gasteiger partial charge in [-0.2, -0.15) is 0 Å². The van der Waals surface area contributed by atoms with Gasteiger partial charge in [-0.3, -0.25) is 9.78 Å². The number of halogens is 2. The number of carbonyl (C=O) groups excluding carboxylic acids is 1. The largest absolute Gasteiger partial charge is 0.352 e. The molecule has 0 aromatic carbocycles. The van der Waals surface area contributed by atoms with Crippen LogP contribution in [0.4, 0.5) is 0 Å². The smallest absolute Gasteiger partial charge is 0.252 e. The number of hydrogen-bond acceptors (Lipinski definition) is 3. The van der Waals surface area contributed by atoms with Gasteiger partial charge in [0.2, 0.25) is 0 Å². The quantitative estimate of drug-likeness (QED) is 0.883. The van der Waals surface area contributed by atoms with Crippen molar-refractivity contribution in [2.75, 3.05) is 6.54 Å². The lowest BCUT2D eigenvalue weighted by molar-refractivity contribution is 0.0954. The fourth-order valence-electron chi connectivity index (χ4n) is 1.53. The van der Waals surface area contributed by atoms with Gasteiger partial charge < -0.3 is 5.32 Å². The average molecular weight is 296 g/mol. The van der Waals surface area contributed by atoms with Gasteiger partial charge >= 0.3 is 0 Å². The Bertz CT molecular complexity index is 575. The Hall–Kier alpha value is -1.65. The lowest BCUT2D eigenvalue weighted by Gasteiger charge is -2.06. The third kappa shape index (κ3) is 3.91. The summed E-state index contributed by atoms with van der Waals surface area (Å²) < 4.78 is 0. The van der Waals surface area contributed by atoms with E-state index in [1.807, 2.05) is 18.2 Å². The second-order valence-electron chi connectivity index (χ2n) is 3.81. The van der Waals surface area contributed by atoms with Crippen LogP contribution in [0.2, 0.25) is 10.2 Å². The number of rotatable bonds is 4. The van der Waals surface area contributed by atoms with E-state index >= 15 is 0 Å². The molecule has 0 saturated heterocycles. The molecule has 0 unspecified atom stereocenters. The van der Waals surface area contributed by atoms with Crippen LogP contribution < -0.4 is 5.32 Å². The van der Waals surface area contributed by atoms with Crippen LogP contribution in [0.1, 0.15) is 16.1 Å². The van der Waals surface area contributed by atoms with Crippen LogP contribution in [-0.4, -0.2) is 22.4 Å². The Labute approximate surface area is 120 Å². The molecule has 6 heteroatoms. The topological polar surface area (TPSA) is 54.9 Å². The summed E-state index contributed by atoms with van der Waals surface area (Å²) in [4.78, 5) is 19.9. The maximum absolute atomic E-state index is 11.9. The van der Waals surface area contributed by atoms with Crippen molar-refractivity contribution in [2.45, 2.75) is 6.42 Å². The molecule has 0 aliphatic carbocycles. The van der Waals surface area contributed by atoms with E-state index in [1.54, 1.807) is 6.20 Å². The van der Waals surface area contributed by atoms with Crippen LogP contribution in [0.5, 0.6) is 0 Å². The number of amides is 1. The Balaban J connectivity index is 1.93. The molecule has 2 aromatic rings. The zero-order valence-electron chi connectivity index (χ0n) is 9.94. The van der Waals surface area contributed by atoms with Crippen molar-refractivity contribution in [2.24, 2.45) is 0 Å². The molecule has 0 fully saturated rings. The normalized spacial score (nSPS) is 10.2. The molecule has 19 heavy (non-hydrogen) atoms. The first-order valence-electron chi connectivity index (χ1n) is 5.66. The van der Waals surface area contributed by atoms with E-state index in [1.165, 1.54) is 12.3 Å². The van der Waals surface area contributed by atoms with Gasteiger partial charge in [-0.1, -0.05) is 29.3 Å². The Morgan fingerprint density at radius 1 is 1.26 bits per heavy atom. The van der Waals surface area contributed by atoms with Crippen molar-refractivity contribution in [1.82, 2.24) is 15.3 Å². The predicted molar refractivity (Wildman–Crippen MR) is 74.5 cm³/mol. The van der Waals surface area contributed by atoms with Gasteiger partial charge in [0.1, 0.15) is 5.15 Å². The summed E-state index contributed by atoms with van der Waals surface area (Å²) >= 11 is 11.6. The number of nitrogens with one attached hydrogen (secondary N) is 1. The van der Waals surface area contributed by atoms with Gasteiger partial charge in [0.25, 0.3) is 5.91 Å². The number of carbonyl (C=O) groups is 1. The van der Waals surface area contributed by atoms with Crippen molar-refractivity contribution >= 4 is 29.1 Å². The molecule has 98 valence electrons. The van der Waals surface area contributed by atoms with E-state index in [2.05, 4.69) is 15.3 Å². The third-order valence-corrected chi connectivity index (χ3v) is 2.97. The first-order valence-corrected chi connectivity index (χ1v) is 6.41. The van der Waals surface area contributed by atoms with Gasteiger partial charge in [0.15, 0.2) is 0 Å². The van der Waals surface area contributed by atoms with Crippen LogP contribution in [0.15, 0.2) is 36.7 Å². The summed E-state index contributed by atoms with van der Waals surface area (Å²) in [5, 5.41) is 3.28. The van der Waals surface area contributed by atoms with E-state index in [4.69, 9.17) is 23.2 Å². The Morgan fingerprint density at radius 3 is 2.84 bits per heavy atom. The lowest BCUT2D eigenvalue weighted by atomic mass is 10.2. The van der Waals surface area contributed by atoms with Crippen molar-refractivity contribution in [3.63, 3.8) is 0 Å². The molecule has 4 nitrogen and oxygen atoms in total. The van der Waals surface area contributed by atoms with E-state index in [9.17, 15) is 4.79 Å². The fourth-order valence-corrected chi connectivity index (χ4v) is 1.88. The lowest BCUT2D eigenvalue weighted by Crippen LogP contribution is -2.26. The minimum atomic E-state index is -0.273. The number of nitrogens with zero attached hydrogens (tertiary/aromatic N) is 2. The van der Waals surface area contributed by atoms with Gasteiger partial charge in [0, 0.05) is 31.1 Å². The molecule has 0 atom stereocenters. The second-order valence-corrected chi connectivity index (χ2v) is 4.61. The zero-order chi connectivity index (χ0) is 13.7. The molecular formula is C13H11Cl2N3O. The molecule has 2 aromatic heterocycles. The average Bonchev–Trinajstić information content (AvgIpc) is 2.42. The fraction of sp³-hybridized carbons (Fsp3) is 0.154. The maximum Gasteiger partial charge on any atom is 0.252 e. The van der Waals surface area contributed by atoms with E-state index in [0.29, 0.717) is 18.5 Å². The first kappa shape index (κ1) is 13.8. The molecule has 0 bridgehead atoms. The molecule has 1 N–H and O–H groups in total. The zero-order valence-corrected chi connectivity index (χ0v) is 11.4. The summed E-state index contributed by atoms with van der Waals surface area (Å²) in [6.45, 7) is 0.478. The highest BCUT2D eigenvalue weighted by Gasteiger charge is 2.11. The van der Waals surface area contributed by atoms with E-state index in [-0.39, 0.29) is 16.1 Å². The summed E-state index contributed by atoms with van der Waals surface area (Å²) in [6, 6.07) is 7.10. The van der Waals surface area contributed by atoms with Crippen molar-refractivity contribution in [3.8, 4) is 0 Å². The first-order chi connectivity index (χ1) is 9.16. The molecule has 1 amide bonds. The Kier molecular flexibility index (Phi) is 4.71. The molecular weight excluding hydrogens is 285 g/mol. The highest BCUT2D eigenvalue weighted by Crippen LogP contribution is 2.17. The van der Waals surface area contributed by atoms with E-state index in [0.717, 1.165) is 5.69 Å². The van der Waals surface area contributed by atoms with Crippen molar-refractivity contribution in [1.29, 1.82) is 0 Å². The molecule has 0 saturated carbocycles. The Morgan fingerprint density at radius 2 is 2.11 bits per heavy atom. The van der Waals surface area contributed by atoms with E-state index < -0.39 is 0 Å². The summed E-state index contributed by atoms with van der Waals surface area (Å²) in [7, 11) is 0. The van der Waals surface area contributed by atoms with Crippen LogP contribution in [0.3, 0.4) is 0 Å². The standard InChI is InChI=1S/C13H11Cl2N3O/c14-11-8-18-12(15)7-10(11)13(19)17-6-4-9-3-1-2-5-16-9/h1-3,5,7-8H,4,6H2,(H,17,19). The van der Waals surface area contributed by atoms with Crippen LogP contribution in [0, 0.1) is 0 Å². The van der Waals surface area contributed by atoms with Crippen molar-refractivity contribution in [3.05, 3.63) is 58.1 Å². The molecule has 0 radical (unpaired) electrons. The monoisotopic (exact) mass is 295 g/mol. The van der Waals surface area contributed by atoms with Crippen molar-refractivity contribution < 1.29 is 4.79 Å². The maximum atomic E-state index is 11.9. The molecule has 0 aliphatic heterocycles. The van der Waals surface area contributed by atoms with Crippen LogP contribution >= 0.6 is 23.2 Å².